The SMILES string of the molecule is Cc1ccc2cccc(OCCNC(=O)N(C)CCn3nc(C)cc3C)c2n1. The summed E-state index contributed by atoms with van der Waals surface area (Å²) in [5.41, 5.74) is 3.87. The maximum absolute atomic E-state index is 12.2. The standard InChI is InChI=1S/C21H27N5O2/c1-15-8-9-18-6-5-7-19(20(18)23-15)28-13-10-22-21(27)25(4)11-12-26-17(3)14-16(2)24-26/h5-9,14H,10-13H2,1-4H3,(H,22,27). The molecule has 0 aliphatic carbocycles. The Bertz CT molecular complexity index is 967. The molecule has 0 fully saturated rings. The van der Waals surface area contributed by atoms with Crippen LogP contribution in [0.4, 0.5) is 4.79 Å². The highest BCUT2D eigenvalue weighted by molar-refractivity contribution is 5.84. The van der Waals surface area contributed by atoms with Crippen LogP contribution < -0.4 is 10.1 Å². The lowest BCUT2D eigenvalue weighted by Gasteiger charge is -2.18. The van der Waals surface area contributed by atoms with Crippen LogP contribution in [0.15, 0.2) is 36.4 Å². The molecule has 28 heavy (non-hydrogen) atoms. The number of amides is 2. The van der Waals surface area contributed by atoms with Crippen molar-refractivity contribution in [3.05, 3.63) is 53.5 Å². The molecule has 2 aromatic heterocycles. The largest absolute Gasteiger partial charge is 0.489 e. The molecule has 0 spiro atoms. The predicted octanol–water partition coefficient (Wildman–Crippen LogP) is 3.08. The third-order valence-corrected chi connectivity index (χ3v) is 4.56. The highest BCUT2D eigenvalue weighted by Crippen LogP contribution is 2.23. The summed E-state index contributed by atoms with van der Waals surface area (Å²) in [7, 11) is 1.78. The second-order valence-electron chi connectivity index (χ2n) is 6.93. The van der Waals surface area contributed by atoms with Crippen LogP contribution in [0.5, 0.6) is 5.75 Å². The number of aryl methyl sites for hydroxylation is 3. The van der Waals surface area contributed by atoms with Crippen molar-refractivity contribution < 1.29 is 9.53 Å². The van der Waals surface area contributed by atoms with E-state index in [4.69, 9.17) is 4.74 Å². The molecule has 1 N–H and O–H groups in total. The zero-order chi connectivity index (χ0) is 20.1. The molecule has 7 nitrogen and oxygen atoms in total. The fourth-order valence-electron chi connectivity index (χ4n) is 3.04. The predicted molar refractivity (Wildman–Crippen MR) is 110 cm³/mol. The van der Waals surface area contributed by atoms with Gasteiger partial charge in [0.1, 0.15) is 17.9 Å². The molecular weight excluding hydrogens is 354 g/mol. The van der Waals surface area contributed by atoms with Crippen LogP contribution in [-0.2, 0) is 6.54 Å². The molecule has 3 rings (SSSR count). The lowest BCUT2D eigenvalue weighted by molar-refractivity contribution is 0.203. The van der Waals surface area contributed by atoms with Crippen molar-refractivity contribution in [2.24, 2.45) is 0 Å². The number of hydrogen-bond acceptors (Lipinski definition) is 4. The van der Waals surface area contributed by atoms with E-state index in [0.29, 0.717) is 26.2 Å². The molecule has 0 radical (unpaired) electrons. The molecule has 1 aromatic carbocycles. The van der Waals surface area contributed by atoms with Crippen LogP contribution in [0.1, 0.15) is 17.1 Å². The molecule has 0 aliphatic rings. The first-order valence-corrected chi connectivity index (χ1v) is 9.43. The minimum absolute atomic E-state index is 0.128. The molecule has 0 aliphatic heterocycles. The summed E-state index contributed by atoms with van der Waals surface area (Å²) < 4.78 is 7.76. The Kier molecular flexibility index (Phi) is 6.13. The van der Waals surface area contributed by atoms with Gasteiger partial charge in [0.05, 0.1) is 18.8 Å². The van der Waals surface area contributed by atoms with E-state index in [-0.39, 0.29) is 6.03 Å². The van der Waals surface area contributed by atoms with Crippen molar-refractivity contribution in [3.8, 4) is 5.75 Å². The van der Waals surface area contributed by atoms with Crippen molar-refractivity contribution in [2.45, 2.75) is 27.3 Å². The number of nitrogens with one attached hydrogen (secondary N) is 1. The lowest BCUT2D eigenvalue weighted by Crippen LogP contribution is -2.40. The first kappa shape index (κ1) is 19.7. The van der Waals surface area contributed by atoms with E-state index in [2.05, 4.69) is 15.4 Å². The summed E-state index contributed by atoms with van der Waals surface area (Å²) >= 11 is 0. The molecule has 2 heterocycles. The van der Waals surface area contributed by atoms with Crippen LogP contribution in [0.2, 0.25) is 0 Å². The second-order valence-corrected chi connectivity index (χ2v) is 6.93. The summed E-state index contributed by atoms with van der Waals surface area (Å²) in [4.78, 5) is 18.4. The number of hydrogen-bond donors (Lipinski definition) is 1. The molecule has 2 amide bonds. The van der Waals surface area contributed by atoms with Crippen LogP contribution >= 0.6 is 0 Å². The van der Waals surface area contributed by atoms with Crippen LogP contribution in [0.3, 0.4) is 0 Å². The van der Waals surface area contributed by atoms with Gasteiger partial charge in [-0.25, -0.2) is 9.78 Å². The van der Waals surface area contributed by atoms with Crippen molar-refractivity contribution in [1.29, 1.82) is 0 Å². The monoisotopic (exact) mass is 381 g/mol. The maximum Gasteiger partial charge on any atom is 0.317 e. The Hall–Kier alpha value is -3.09. The van der Waals surface area contributed by atoms with E-state index < -0.39 is 0 Å². The smallest absolute Gasteiger partial charge is 0.317 e. The van der Waals surface area contributed by atoms with E-state index in [0.717, 1.165) is 33.7 Å². The van der Waals surface area contributed by atoms with Crippen molar-refractivity contribution in [3.63, 3.8) is 0 Å². The molecule has 0 atom stereocenters. The fraction of sp³-hybridized carbons (Fsp3) is 0.381. The fourth-order valence-corrected chi connectivity index (χ4v) is 3.04. The van der Waals surface area contributed by atoms with Crippen molar-refractivity contribution in [1.82, 2.24) is 25.0 Å². The zero-order valence-corrected chi connectivity index (χ0v) is 16.9. The quantitative estimate of drug-likeness (QED) is 0.639. The molecule has 7 heteroatoms. The first-order chi connectivity index (χ1) is 13.4. The average Bonchev–Trinajstić information content (AvgIpc) is 3.00. The Morgan fingerprint density at radius 2 is 2.00 bits per heavy atom. The summed E-state index contributed by atoms with van der Waals surface area (Å²) in [6, 6.07) is 11.8. The lowest BCUT2D eigenvalue weighted by atomic mass is 10.2. The molecule has 3 aromatic rings. The molecular formula is C21H27N5O2. The van der Waals surface area contributed by atoms with E-state index in [1.165, 1.54) is 0 Å². The van der Waals surface area contributed by atoms with E-state index in [9.17, 15) is 4.79 Å². The van der Waals surface area contributed by atoms with Crippen LogP contribution in [-0.4, -0.2) is 52.4 Å². The van der Waals surface area contributed by atoms with E-state index >= 15 is 0 Å². The molecule has 0 bridgehead atoms. The first-order valence-electron chi connectivity index (χ1n) is 9.43. The van der Waals surface area contributed by atoms with Gasteiger partial charge in [-0.2, -0.15) is 5.10 Å². The number of rotatable bonds is 7. The third-order valence-electron chi connectivity index (χ3n) is 4.56. The number of likely N-dealkylation sites (N-methyl/N-ethyl adjacent to an activating group) is 1. The molecule has 0 saturated heterocycles. The zero-order valence-electron chi connectivity index (χ0n) is 16.9. The normalized spacial score (nSPS) is 10.9. The number of ether oxygens (including phenoxy) is 1. The van der Waals surface area contributed by atoms with Gasteiger partial charge >= 0.3 is 6.03 Å². The van der Waals surface area contributed by atoms with Gasteiger partial charge in [0.15, 0.2) is 0 Å². The van der Waals surface area contributed by atoms with Gasteiger partial charge in [-0.15, -0.1) is 0 Å². The van der Waals surface area contributed by atoms with E-state index in [1.54, 1.807) is 11.9 Å². The summed E-state index contributed by atoms with van der Waals surface area (Å²) in [6.45, 7) is 7.99. The van der Waals surface area contributed by atoms with Gasteiger partial charge in [0.2, 0.25) is 0 Å². The summed E-state index contributed by atoms with van der Waals surface area (Å²) in [5.74, 6) is 0.730. The number of benzene rings is 1. The van der Waals surface area contributed by atoms with Crippen molar-refractivity contribution >= 4 is 16.9 Å². The molecule has 148 valence electrons. The number of pyridine rings is 1. The van der Waals surface area contributed by atoms with Gasteiger partial charge in [-0.1, -0.05) is 18.2 Å². The Labute approximate surface area is 165 Å². The highest BCUT2D eigenvalue weighted by Gasteiger charge is 2.10. The summed E-state index contributed by atoms with van der Waals surface area (Å²) in [6.07, 6.45) is 0. The number of carbonyl (C=O) groups is 1. The van der Waals surface area contributed by atoms with Crippen LogP contribution in [0.25, 0.3) is 10.9 Å². The number of fused-ring (bicyclic) bond motifs is 1. The molecule has 0 unspecified atom stereocenters. The van der Waals surface area contributed by atoms with Gasteiger partial charge in [-0.05, 0) is 39.0 Å². The summed E-state index contributed by atoms with van der Waals surface area (Å²) in [5, 5.41) is 8.33. The second kappa shape index (κ2) is 8.73. The Morgan fingerprint density at radius 3 is 2.75 bits per heavy atom. The number of urea groups is 1. The number of para-hydroxylation sites is 1. The Morgan fingerprint density at radius 1 is 1.18 bits per heavy atom. The van der Waals surface area contributed by atoms with Crippen molar-refractivity contribution in [2.75, 3.05) is 26.7 Å². The minimum atomic E-state index is -0.128. The minimum Gasteiger partial charge on any atom is -0.489 e. The number of nitrogens with zero attached hydrogens (tertiary/aromatic N) is 4. The van der Waals surface area contributed by atoms with Gasteiger partial charge in [0, 0.05) is 30.4 Å². The average molecular weight is 381 g/mol. The number of aromatic nitrogens is 3. The topological polar surface area (TPSA) is 72.3 Å². The van der Waals surface area contributed by atoms with Gasteiger partial charge in [0.25, 0.3) is 0 Å². The number of carbonyl (C=O) groups excluding carboxylic acids is 1. The van der Waals surface area contributed by atoms with Gasteiger partial charge in [-0.3, -0.25) is 4.68 Å². The van der Waals surface area contributed by atoms with Gasteiger partial charge < -0.3 is 15.0 Å². The highest BCUT2D eigenvalue weighted by atomic mass is 16.5. The maximum atomic E-state index is 12.2. The molecule has 0 saturated carbocycles. The van der Waals surface area contributed by atoms with Crippen LogP contribution in [0, 0.1) is 20.8 Å². The Balaban J connectivity index is 1.45. The van der Waals surface area contributed by atoms with E-state index in [1.807, 2.05) is 61.9 Å². The third kappa shape index (κ3) is 4.79.